The number of ether oxygens (including phenoxy) is 3. The van der Waals surface area contributed by atoms with Crippen LogP contribution in [0.2, 0.25) is 0 Å². The quantitative estimate of drug-likeness (QED) is 0.652. The summed E-state index contributed by atoms with van der Waals surface area (Å²) in [5.74, 6) is 0.772. The van der Waals surface area contributed by atoms with Crippen molar-refractivity contribution >= 4 is 5.97 Å². The summed E-state index contributed by atoms with van der Waals surface area (Å²) in [7, 11) is 2.91. The second-order valence-electron chi connectivity index (χ2n) is 7.39. The molecule has 0 unspecified atom stereocenters. The average Bonchev–Trinajstić information content (AvgIpc) is 3.40. The zero-order valence-electron chi connectivity index (χ0n) is 16.1. The number of fused-ring (bicyclic) bond motifs is 1. The number of esters is 1. The van der Waals surface area contributed by atoms with E-state index in [0.717, 1.165) is 11.6 Å². The number of carbonyl (C=O) groups excluding carboxylic acids is 1. The van der Waals surface area contributed by atoms with Crippen LogP contribution in [-0.4, -0.2) is 20.2 Å². The monoisotopic (exact) mass is 406 g/mol. The number of hydrogen-bond acceptors (Lipinski definition) is 4. The molecule has 4 nitrogen and oxygen atoms in total. The Balaban J connectivity index is 1.55. The minimum atomic E-state index is -4.37. The normalized spacial score (nSPS) is 22.7. The van der Waals surface area contributed by atoms with Gasteiger partial charge in [-0.05, 0) is 48.1 Å². The fraction of sp³-hybridized carbons (Fsp3) is 0.409. The van der Waals surface area contributed by atoms with Crippen molar-refractivity contribution in [2.24, 2.45) is 5.92 Å². The molecule has 0 aliphatic heterocycles. The molecule has 4 rings (SSSR count). The van der Waals surface area contributed by atoms with Crippen molar-refractivity contribution < 1.29 is 32.2 Å². The Labute approximate surface area is 166 Å². The summed E-state index contributed by atoms with van der Waals surface area (Å²) in [5.41, 5.74) is 1.21. The van der Waals surface area contributed by atoms with E-state index < -0.39 is 17.8 Å². The number of methoxy groups -OCH3 is 2. The highest BCUT2D eigenvalue weighted by Gasteiger charge is 2.46. The third kappa shape index (κ3) is 3.66. The van der Waals surface area contributed by atoms with Gasteiger partial charge in [0.2, 0.25) is 0 Å². The predicted octanol–water partition coefficient (Wildman–Crippen LogP) is 5.06. The maximum atomic E-state index is 13.2. The van der Waals surface area contributed by atoms with Gasteiger partial charge < -0.3 is 14.2 Å². The third-order valence-corrected chi connectivity index (χ3v) is 5.70. The molecule has 0 saturated heterocycles. The van der Waals surface area contributed by atoms with Gasteiger partial charge >= 0.3 is 12.1 Å². The average molecular weight is 406 g/mol. The Hall–Kier alpha value is -2.70. The molecule has 29 heavy (non-hydrogen) atoms. The van der Waals surface area contributed by atoms with Crippen LogP contribution in [0, 0.1) is 5.92 Å². The third-order valence-electron chi connectivity index (χ3n) is 5.70. The van der Waals surface area contributed by atoms with Crippen LogP contribution in [0.5, 0.6) is 11.5 Å². The summed E-state index contributed by atoms with van der Waals surface area (Å²) in [6.45, 7) is 0. The maximum Gasteiger partial charge on any atom is 0.416 e. The van der Waals surface area contributed by atoms with Gasteiger partial charge in [-0.15, -0.1) is 0 Å². The van der Waals surface area contributed by atoms with Crippen molar-refractivity contribution in [3.8, 4) is 11.5 Å². The first-order valence-electron chi connectivity index (χ1n) is 9.45. The van der Waals surface area contributed by atoms with Gasteiger partial charge in [-0.1, -0.05) is 18.2 Å². The van der Waals surface area contributed by atoms with Crippen LogP contribution in [0.3, 0.4) is 0 Å². The van der Waals surface area contributed by atoms with Crippen LogP contribution < -0.4 is 9.47 Å². The smallest absolute Gasteiger partial charge is 0.416 e. The first kappa shape index (κ1) is 19.6. The van der Waals surface area contributed by atoms with E-state index in [1.54, 1.807) is 25.3 Å². The topological polar surface area (TPSA) is 44.8 Å². The molecule has 1 saturated carbocycles. The molecule has 0 amide bonds. The van der Waals surface area contributed by atoms with Crippen molar-refractivity contribution in [1.29, 1.82) is 0 Å². The number of alkyl halides is 3. The van der Waals surface area contributed by atoms with Gasteiger partial charge in [-0.2, -0.15) is 13.2 Å². The van der Waals surface area contributed by atoms with E-state index in [-0.39, 0.29) is 17.8 Å². The molecule has 154 valence electrons. The highest BCUT2D eigenvalue weighted by atomic mass is 19.4. The Bertz CT molecular complexity index is 938. The summed E-state index contributed by atoms with van der Waals surface area (Å²) >= 11 is 0. The first-order chi connectivity index (χ1) is 13.8. The predicted molar refractivity (Wildman–Crippen MR) is 99.0 cm³/mol. The Morgan fingerprint density at radius 2 is 1.90 bits per heavy atom. The van der Waals surface area contributed by atoms with Gasteiger partial charge in [-0.25, -0.2) is 0 Å². The second kappa shape index (κ2) is 7.28. The zero-order chi connectivity index (χ0) is 20.8. The summed E-state index contributed by atoms with van der Waals surface area (Å²) in [6, 6.07) is 9.59. The molecule has 0 aromatic heterocycles. The van der Waals surface area contributed by atoms with Crippen LogP contribution in [-0.2, 0) is 22.1 Å². The van der Waals surface area contributed by atoms with Gasteiger partial charge in [-0.3, -0.25) is 4.79 Å². The highest BCUT2D eigenvalue weighted by molar-refractivity contribution is 5.77. The molecule has 2 aliphatic rings. The van der Waals surface area contributed by atoms with Gasteiger partial charge in [0, 0.05) is 12.0 Å². The van der Waals surface area contributed by atoms with Crippen LogP contribution >= 0.6 is 0 Å². The Morgan fingerprint density at radius 1 is 1.10 bits per heavy atom. The molecule has 7 heteroatoms. The molecule has 2 aliphatic carbocycles. The molecular formula is C22H21F3O4. The Morgan fingerprint density at radius 3 is 2.59 bits per heavy atom. The number of hydrogen-bond donors (Lipinski definition) is 0. The van der Waals surface area contributed by atoms with Crippen LogP contribution in [0.25, 0.3) is 0 Å². The van der Waals surface area contributed by atoms with E-state index in [1.165, 1.54) is 13.2 Å². The number of halogens is 3. The lowest BCUT2D eigenvalue weighted by Crippen LogP contribution is -2.10. The van der Waals surface area contributed by atoms with E-state index in [0.29, 0.717) is 41.9 Å². The maximum absolute atomic E-state index is 13.2. The lowest BCUT2D eigenvalue weighted by Gasteiger charge is -2.18. The van der Waals surface area contributed by atoms with Gasteiger partial charge in [0.25, 0.3) is 0 Å². The lowest BCUT2D eigenvalue weighted by atomic mass is 10.0. The van der Waals surface area contributed by atoms with Crippen molar-refractivity contribution in [3.05, 3.63) is 58.7 Å². The SMILES string of the molecule is COC(=O)[C@@H]1C[C@H]1c1ccc(O[C@@H]2CCc3c2cccc3C(F)(F)F)cc1OC. The van der Waals surface area contributed by atoms with Crippen LogP contribution in [0.1, 0.15) is 47.1 Å². The molecule has 2 aromatic rings. The van der Waals surface area contributed by atoms with Crippen molar-refractivity contribution in [2.75, 3.05) is 14.2 Å². The summed E-state index contributed by atoms with van der Waals surface area (Å²) < 4.78 is 56.0. The van der Waals surface area contributed by atoms with E-state index >= 15 is 0 Å². The standard InChI is InChI=1S/C22H21F3O4/c1-27-20-10-12(6-7-15(20)16-11-17(16)21(26)28-2)29-19-9-8-13-14(19)4-3-5-18(13)22(23,24)25/h3-7,10,16-17,19H,8-9,11H2,1-2H3/t16-,17+,19+/m0/s1. The molecular weight excluding hydrogens is 385 g/mol. The second-order valence-corrected chi connectivity index (χ2v) is 7.39. The van der Waals surface area contributed by atoms with E-state index in [1.807, 2.05) is 6.07 Å². The number of rotatable bonds is 5. The zero-order valence-corrected chi connectivity index (χ0v) is 16.1. The molecule has 2 aromatic carbocycles. The lowest BCUT2D eigenvalue weighted by molar-refractivity contribution is -0.142. The highest BCUT2D eigenvalue weighted by Crippen LogP contribution is 2.52. The molecule has 0 heterocycles. The van der Waals surface area contributed by atoms with Gasteiger partial charge in [0.1, 0.15) is 17.6 Å². The van der Waals surface area contributed by atoms with Gasteiger partial charge in [0.05, 0.1) is 25.7 Å². The fourth-order valence-corrected chi connectivity index (χ4v) is 4.19. The fourth-order valence-electron chi connectivity index (χ4n) is 4.19. The van der Waals surface area contributed by atoms with Crippen LogP contribution in [0.4, 0.5) is 13.2 Å². The summed E-state index contributed by atoms with van der Waals surface area (Å²) in [6.07, 6.45) is -3.29. The minimum Gasteiger partial charge on any atom is -0.496 e. The molecule has 3 atom stereocenters. The van der Waals surface area contributed by atoms with Crippen molar-refractivity contribution in [1.82, 2.24) is 0 Å². The largest absolute Gasteiger partial charge is 0.496 e. The van der Waals surface area contributed by atoms with E-state index in [9.17, 15) is 18.0 Å². The van der Waals surface area contributed by atoms with E-state index in [4.69, 9.17) is 14.2 Å². The summed E-state index contributed by atoms with van der Waals surface area (Å²) in [4.78, 5) is 11.7. The van der Waals surface area contributed by atoms with Crippen molar-refractivity contribution in [2.45, 2.75) is 37.5 Å². The van der Waals surface area contributed by atoms with Crippen LogP contribution in [0.15, 0.2) is 36.4 Å². The van der Waals surface area contributed by atoms with E-state index in [2.05, 4.69) is 0 Å². The first-order valence-corrected chi connectivity index (χ1v) is 9.45. The molecule has 1 fully saturated rings. The van der Waals surface area contributed by atoms with Gasteiger partial charge in [0.15, 0.2) is 0 Å². The molecule has 0 radical (unpaired) electrons. The number of carbonyl (C=O) groups is 1. The summed E-state index contributed by atoms with van der Waals surface area (Å²) in [5, 5.41) is 0. The molecule has 0 spiro atoms. The Kier molecular flexibility index (Phi) is 4.92. The molecule has 0 bridgehead atoms. The van der Waals surface area contributed by atoms with Crippen molar-refractivity contribution in [3.63, 3.8) is 0 Å². The minimum absolute atomic E-state index is 0.0491. The molecule has 0 N–H and O–H groups in total. The number of benzene rings is 2.